The van der Waals surface area contributed by atoms with Crippen LogP contribution in [0.15, 0.2) is 60.9 Å². The van der Waals surface area contributed by atoms with Crippen LogP contribution in [0.3, 0.4) is 0 Å². The Balaban J connectivity index is 1.47. The molecule has 1 atom stereocenters. The lowest BCUT2D eigenvalue weighted by Crippen LogP contribution is -2.27. The third kappa shape index (κ3) is 4.38. The third-order valence-electron chi connectivity index (χ3n) is 5.31. The molecule has 0 bridgehead atoms. The monoisotopic (exact) mass is 461 g/mol. The zero-order valence-electron chi connectivity index (χ0n) is 17.9. The maximum atomic E-state index is 13.2. The van der Waals surface area contributed by atoms with Gasteiger partial charge in [-0.2, -0.15) is 5.10 Å². The molecule has 9 heteroatoms. The molecular weight excluding hydrogens is 442 g/mol. The van der Waals surface area contributed by atoms with Gasteiger partial charge in [-0.15, -0.1) is 0 Å². The summed E-state index contributed by atoms with van der Waals surface area (Å²) in [5, 5.41) is 7.82. The lowest BCUT2D eigenvalue weighted by molar-refractivity contribution is 0.0934. The molecule has 1 aliphatic heterocycles. The lowest BCUT2D eigenvalue weighted by atomic mass is 10.1. The van der Waals surface area contributed by atoms with E-state index in [-0.39, 0.29) is 24.4 Å². The Morgan fingerprint density at radius 1 is 1.06 bits per heavy atom. The van der Waals surface area contributed by atoms with E-state index in [1.165, 1.54) is 0 Å². The molecule has 0 spiro atoms. The zero-order valence-corrected chi connectivity index (χ0v) is 18.7. The van der Waals surface area contributed by atoms with Gasteiger partial charge in [0.2, 0.25) is 6.79 Å². The van der Waals surface area contributed by atoms with E-state index < -0.39 is 0 Å². The minimum absolute atomic E-state index is 0.199. The predicted molar refractivity (Wildman–Crippen MR) is 123 cm³/mol. The van der Waals surface area contributed by atoms with Gasteiger partial charge in [0.25, 0.3) is 5.91 Å². The van der Waals surface area contributed by atoms with Crippen molar-refractivity contribution in [1.82, 2.24) is 25.1 Å². The van der Waals surface area contributed by atoms with Gasteiger partial charge in [-0.3, -0.25) is 9.48 Å². The molecule has 166 valence electrons. The van der Waals surface area contributed by atoms with E-state index in [9.17, 15) is 4.79 Å². The van der Waals surface area contributed by atoms with E-state index in [2.05, 4.69) is 20.4 Å². The molecule has 4 aromatic rings. The highest BCUT2D eigenvalue weighted by Crippen LogP contribution is 2.34. The number of benzene rings is 2. The number of carbonyl (C=O) groups excluding carboxylic acids is 1. The van der Waals surface area contributed by atoms with Crippen molar-refractivity contribution in [2.75, 3.05) is 6.79 Å². The second kappa shape index (κ2) is 8.55. The largest absolute Gasteiger partial charge is 0.454 e. The maximum Gasteiger partial charge on any atom is 0.270 e. The minimum atomic E-state index is -0.317. The molecule has 0 unspecified atom stereocenters. The van der Waals surface area contributed by atoms with E-state index in [1.54, 1.807) is 35.3 Å². The summed E-state index contributed by atoms with van der Waals surface area (Å²) in [6.45, 7) is 2.10. The van der Waals surface area contributed by atoms with Gasteiger partial charge in [0, 0.05) is 23.8 Å². The van der Waals surface area contributed by atoms with Gasteiger partial charge < -0.3 is 14.8 Å². The molecule has 0 radical (unpaired) electrons. The van der Waals surface area contributed by atoms with E-state index in [1.807, 2.05) is 44.3 Å². The summed E-state index contributed by atoms with van der Waals surface area (Å²) >= 11 is 6.04. The van der Waals surface area contributed by atoms with Crippen molar-refractivity contribution in [3.05, 3.63) is 77.2 Å². The Bertz CT molecular complexity index is 1340. The van der Waals surface area contributed by atoms with Crippen LogP contribution in [0.1, 0.15) is 29.0 Å². The Morgan fingerprint density at radius 2 is 1.85 bits per heavy atom. The number of nitrogens with zero attached hydrogens (tertiary/aromatic N) is 4. The summed E-state index contributed by atoms with van der Waals surface area (Å²) in [5.74, 6) is 1.46. The molecule has 3 heterocycles. The molecule has 0 fully saturated rings. The van der Waals surface area contributed by atoms with E-state index in [0.717, 1.165) is 11.1 Å². The number of ether oxygens (including phenoxy) is 2. The molecule has 0 saturated carbocycles. The highest BCUT2D eigenvalue weighted by molar-refractivity contribution is 6.30. The number of aryl methyl sites for hydroxylation is 1. The van der Waals surface area contributed by atoms with Gasteiger partial charge in [0.1, 0.15) is 5.69 Å². The second-order valence-corrected chi connectivity index (χ2v) is 8.12. The van der Waals surface area contributed by atoms with Crippen LogP contribution in [0.2, 0.25) is 5.02 Å². The Labute approximate surface area is 195 Å². The highest BCUT2D eigenvalue weighted by Gasteiger charge is 2.20. The first-order chi connectivity index (χ1) is 16.0. The van der Waals surface area contributed by atoms with Crippen LogP contribution >= 0.6 is 11.6 Å². The van der Waals surface area contributed by atoms with E-state index in [0.29, 0.717) is 33.6 Å². The molecule has 33 heavy (non-hydrogen) atoms. The summed E-state index contributed by atoms with van der Waals surface area (Å²) < 4.78 is 12.5. The number of carbonyl (C=O) groups is 1. The fourth-order valence-corrected chi connectivity index (χ4v) is 3.66. The van der Waals surface area contributed by atoms with Gasteiger partial charge in [-0.05, 0) is 42.8 Å². The van der Waals surface area contributed by atoms with E-state index in [4.69, 9.17) is 21.1 Å². The van der Waals surface area contributed by atoms with Crippen molar-refractivity contribution in [3.8, 4) is 34.1 Å². The summed E-state index contributed by atoms with van der Waals surface area (Å²) in [6.07, 6.45) is 3.47. The van der Waals surface area contributed by atoms with E-state index >= 15 is 0 Å². The third-order valence-corrected chi connectivity index (χ3v) is 5.56. The molecular formula is C24H20ClN5O3. The smallest absolute Gasteiger partial charge is 0.270 e. The number of halogens is 1. The van der Waals surface area contributed by atoms with Crippen molar-refractivity contribution >= 4 is 17.5 Å². The molecule has 5 rings (SSSR count). The SMILES string of the molecule is C[C@H](NC(=O)c1cc(-c2ccc(Cl)cc2)nc(-c2cnn(C)c2)n1)c1ccc2c(c1)OCO2. The number of aromatic nitrogens is 4. The van der Waals surface area contributed by atoms with Gasteiger partial charge in [-0.1, -0.05) is 29.8 Å². The number of amides is 1. The number of fused-ring (bicyclic) bond motifs is 1. The first-order valence-corrected chi connectivity index (χ1v) is 10.7. The average molecular weight is 462 g/mol. The second-order valence-electron chi connectivity index (χ2n) is 7.68. The minimum Gasteiger partial charge on any atom is -0.454 e. The van der Waals surface area contributed by atoms with Crippen molar-refractivity contribution in [1.29, 1.82) is 0 Å². The Hall–Kier alpha value is -3.91. The number of rotatable bonds is 5. The summed E-state index contributed by atoms with van der Waals surface area (Å²) in [4.78, 5) is 22.4. The molecule has 2 aromatic carbocycles. The van der Waals surface area contributed by atoms with Crippen molar-refractivity contribution in [2.45, 2.75) is 13.0 Å². The van der Waals surface area contributed by atoms with Gasteiger partial charge in [-0.25, -0.2) is 9.97 Å². The summed E-state index contributed by atoms with van der Waals surface area (Å²) in [7, 11) is 1.81. The van der Waals surface area contributed by atoms with Crippen LogP contribution in [-0.4, -0.2) is 32.4 Å². The lowest BCUT2D eigenvalue weighted by Gasteiger charge is -2.15. The molecule has 1 amide bonds. The summed E-state index contributed by atoms with van der Waals surface area (Å²) in [5.41, 5.74) is 3.30. The van der Waals surface area contributed by atoms with Gasteiger partial charge in [0.15, 0.2) is 17.3 Å². The van der Waals surface area contributed by atoms with Crippen molar-refractivity contribution in [2.24, 2.45) is 7.05 Å². The quantitative estimate of drug-likeness (QED) is 0.473. The summed E-state index contributed by atoms with van der Waals surface area (Å²) in [6, 6.07) is 14.3. The van der Waals surface area contributed by atoms with Crippen LogP contribution < -0.4 is 14.8 Å². The molecule has 0 saturated heterocycles. The fraction of sp³-hybridized carbons (Fsp3) is 0.167. The molecule has 1 aliphatic rings. The van der Waals surface area contributed by atoms with Crippen LogP contribution in [0, 0.1) is 0 Å². The number of hydrogen-bond donors (Lipinski definition) is 1. The normalized spacial score (nSPS) is 13.1. The topological polar surface area (TPSA) is 91.2 Å². The van der Waals surface area contributed by atoms with Crippen molar-refractivity contribution < 1.29 is 14.3 Å². The Kier molecular flexibility index (Phi) is 5.43. The average Bonchev–Trinajstić information content (AvgIpc) is 3.47. The molecule has 2 aromatic heterocycles. The predicted octanol–water partition coefficient (Wildman–Crippen LogP) is 4.42. The standard InChI is InChI=1S/C24H20ClN5O3/c1-14(16-5-8-21-22(9-16)33-13-32-21)27-24(31)20-10-19(15-3-6-18(25)7-4-15)28-23(29-20)17-11-26-30(2)12-17/h3-12,14H,13H2,1-2H3,(H,27,31)/t14-/m0/s1. The number of nitrogens with one attached hydrogen (secondary N) is 1. The number of hydrogen-bond acceptors (Lipinski definition) is 6. The van der Waals surface area contributed by atoms with Gasteiger partial charge >= 0.3 is 0 Å². The first-order valence-electron chi connectivity index (χ1n) is 10.3. The zero-order chi connectivity index (χ0) is 22.9. The van der Waals surface area contributed by atoms with Crippen LogP contribution in [0.5, 0.6) is 11.5 Å². The van der Waals surface area contributed by atoms with Crippen LogP contribution in [0.25, 0.3) is 22.6 Å². The first kappa shape index (κ1) is 21.0. The fourth-order valence-electron chi connectivity index (χ4n) is 3.53. The molecule has 1 N–H and O–H groups in total. The van der Waals surface area contributed by atoms with Crippen LogP contribution in [-0.2, 0) is 7.05 Å². The molecule has 0 aliphatic carbocycles. The van der Waals surface area contributed by atoms with Crippen LogP contribution in [0.4, 0.5) is 0 Å². The maximum absolute atomic E-state index is 13.2. The Morgan fingerprint density at radius 3 is 2.61 bits per heavy atom. The van der Waals surface area contributed by atoms with Crippen molar-refractivity contribution in [3.63, 3.8) is 0 Å². The highest BCUT2D eigenvalue weighted by atomic mass is 35.5. The van der Waals surface area contributed by atoms with Gasteiger partial charge in [0.05, 0.1) is 23.5 Å². The molecule has 8 nitrogen and oxygen atoms in total.